The van der Waals surface area contributed by atoms with Gasteiger partial charge in [0.25, 0.3) is 5.91 Å². The topological polar surface area (TPSA) is 70.5 Å². The molecule has 1 amide bonds. The fourth-order valence-corrected chi connectivity index (χ4v) is 5.97. The highest BCUT2D eigenvalue weighted by molar-refractivity contribution is 7.22. The Morgan fingerprint density at radius 3 is 2.59 bits per heavy atom. The van der Waals surface area contributed by atoms with Crippen molar-refractivity contribution in [3.05, 3.63) is 91.8 Å². The van der Waals surface area contributed by atoms with E-state index in [1.54, 1.807) is 41.8 Å². The molecule has 3 heterocycles. The van der Waals surface area contributed by atoms with Gasteiger partial charge in [-0.25, -0.2) is 4.98 Å². The van der Waals surface area contributed by atoms with Gasteiger partial charge in [-0.2, -0.15) is 0 Å². The SMILES string of the molecule is Cc1cc(C)c2nc(N3C(=O)C(O)=C(C(=O)c4cccs4)[C@H]3c3ccc(Cl)cc3)sc2c1. The highest BCUT2D eigenvalue weighted by Gasteiger charge is 2.46. The minimum absolute atomic E-state index is 0.0481. The van der Waals surface area contributed by atoms with E-state index in [1.165, 1.54) is 27.6 Å². The molecule has 1 aliphatic heterocycles. The average Bonchev–Trinajstić information content (AvgIpc) is 3.48. The van der Waals surface area contributed by atoms with E-state index >= 15 is 0 Å². The zero-order valence-electron chi connectivity index (χ0n) is 17.1. The number of carbonyl (C=O) groups is 2. The largest absolute Gasteiger partial charge is 0.503 e. The molecule has 32 heavy (non-hydrogen) atoms. The Hall–Kier alpha value is -3.00. The number of halogens is 1. The van der Waals surface area contributed by atoms with Crippen LogP contribution in [0.25, 0.3) is 10.2 Å². The molecule has 5 nitrogen and oxygen atoms in total. The van der Waals surface area contributed by atoms with Crippen LogP contribution in [0.4, 0.5) is 5.13 Å². The second kappa shape index (κ2) is 7.85. The van der Waals surface area contributed by atoms with Crippen molar-refractivity contribution in [3.63, 3.8) is 0 Å². The molecule has 160 valence electrons. The standard InChI is InChI=1S/C24H17ClN2O3S2/c1-12-10-13(2)19-17(11-12)32-24(26-19)27-20(14-5-7-15(25)8-6-14)18(22(29)23(27)30)21(28)16-4-3-9-31-16/h3-11,20,29H,1-2H3/t20-/m1/s1. The summed E-state index contributed by atoms with van der Waals surface area (Å²) in [6.07, 6.45) is 0. The molecule has 5 rings (SSSR count). The Morgan fingerprint density at radius 1 is 1.16 bits per heavy atom. The molecule has 0 fully saturated rings. The molecule has 1 aliphatic rings. The molecule has 0 bridgehead atoms. The summed E-state index contributed by atoms with van der Waals surface area (Å²) in [6.45, 7) is 3.98. The summed E-state index contributed by atoms with van der Waals surface area (Å²) >= 11 is 8.71. The summed E-state index contributed by atoms with van der Waals surface area (Å²) in [5.74, 6) is -1.56. The van der Waals surface area contributed by atoms with Crippen molar-refractivity contribution in [2.24, 2.45) is 0 Å². The van der Waals surface area contributed by atoms with Crippen molar-refractivity contribution in [1.29, 1.82) is 0 Å². The van der Waals surface area contributed by atoms with Crippen molar-refractivity contribution in [3.8, 4) is 0 Å². The highest BCUT2D eigenvalue weighted by atomic mass is 35.5. The number of hydrogen-bond donors (Lipinski definition) is 1. The van der Waals surface area contributed by atoms with E-state index in [2.05, 4.69) is 0 Å². The first-order valence-corrected chi connectivity index (χ1v) is 11.9. The summed E-state index contributed by atoms with van der Waals surface area (Å²) in [4.78, 5) is 33.2. The van der Waals surface area contributed by atoms with Gasteiger partial charge in [-0.05, 0) is 60.2 Å². The maximum absolute atomic E-state index is 13.3. The molecule has 0 radical (unpaired) electrons. The number of carbonyl (C=O) groups excluding carboxylic acids is 2. The first-order chi connectivity index (χ1) is 15.3. The molecule has 4 aromatic rings. The number of Topliss-reactive ketones (excluding diaryl/α,β-unsaturated/α-hetero) is 1. The Bertz CT molecular complexity index is 1410. The van der Waals surface area contributed by atoms with E-state index in [0.29, 0.717) is 20.6 Å². The quantitative estimate of drug-likeness (QED) is 0.342. The average molecular weight is 481 g/mol. The first-order valence-electron chi connectivity index (χ1n) is 9.83. The van der Waals surface area contributed by atoms with Crippen LogP contribution in [-0.2, 0) is 4.79 Å². The van der Waals surface area contributed by atoms with E-state index in [0.717, 1.165) is 21.3 Å². The lowest BCUT2D eigenvalue weighted by Gasteiger charge is -2.24. The van der Waals surface area contributed by atoms with E-state index in [-0.39, 0.29) is 11.4 Å². The molecule has 0 saturated carbocycles. The van der Waals surface area contributed by atoms with Gasteiger partial charge in [0, 0.05) is 5.02 Å². The number of thiazole rings is 1. The van der Waals surface area contributed by atoms with Crippen LogP contribution in [0.1, 0.15) is 32.4 Å². The second-order valence-electron chi connectivity index (χ2n) is 7.62. The lowest BCUT2D eigenvalue weighted by Crippen LogP contribution is -2.30. The highest BCUT2D eigenvalue weighted by Crippen LogP contribution is 2.45. The first kappa shape index (κ1) is 20.9. The number of anilines is 1. The lowest BCUT2D eigenvalue weighted by molar-refractivity contribution is -0.117. The summed E-state index contributed by atoms with van der Waals surface area (Å²) in [6, 6.07) is 13.6. The van der Waals surface area contributed by atoms with Gasteiger partial charge in [0.05, 0.1) is 26.7 Å². The monoisotopic (exact) mass is 480 g/mol. The zero-order chi connectivity index (χ0) is 22.6. The number of aromatic nitrogens is 1. The van der Waals surface area contributed by atoms with E-state index in [1.807, 2.05) is 26.0 Å². The van der Waals surface area contributed by atoms with Crippen LogP contribution in [0.15, 0.2) is 65.2 Å². The molecule has 0 aliphatic carbocycles. The number of hydrogen-bond acceptors (Lipinski definition) is 6. The van der Waals surface area contributed by atoms with Crippen LogP contribution >= 0.6 is 34.3 Å². The van der Waals surface area contributed by atoms with Crippen molar-refractivity contribution < 1.29 is 14.7 Å². The van der Waals surface area contributed by atoms with Crippen LogP contribution < -0.4 is 4.90 Å². The number of rotatable bonds is 4. The number of thiophene rings is 1. The van der Waals surface area contributed by atoms with Gasteiger partial charge in [-0.3, -0.25) is 14.5 Å². The van der Waals surface area contributed by atoms with Gasteiger partial charge in [-0.15, -0.1) is 11.3 Å². The molecule has 8 heteroatoms. The number of ketones is 1. The molecule has 2 aromatic heterocycles. The zero-order valence-corrected chi connectivity index (χ0v) is 19.5. The van der Waals surface area contributed by atoms with Crippen molar-refractivity contribution in [2.75, 3.05) is 4.90 Å². The lowest BCUT2D eigenvalue weighted by atomic mass is 9.95. The Labute approximate surface area is 197 Å². The summed E-state index contributed by atoms with van der Waals surface area (Å²) in [5.41, 5.74) is 3.62. The van der Waals surface area contributed by atoms with Crippen LogP contribution in [0.3, 0.4) is 0 Å². The van der Waals surface area contributed by atoms with E-state index in [9.17, 15) is 14.7 Å². The van der Waals surface area contributed by atoms with Crippen molar-refractivity contribution in [1.82, 2.24) is 4.98 Å². The number of fused-ring (bicyclic) bond motifs is 1. The fourth-order valence-electron chi connectivity index (χ4n) is 4.00. The van der Waals surface area contributed by atoms with Crippen LogP contribution in [0, 0.1) is 13.8 Å². The van der Waals surface area contributed by atoms with Crippen LogP contribution in [0.5, 0.6) is 0 Å². The number of nitrogens with zero attached hydrogens (tertiary/aromatic N) is 2. The van der Waals surface area contributed by atoms with Crippen LogP contribution in [-0.4, -0.2) is 21.8 Å². The number of benzene rings is 2. The number of aryl methyl sites for hydroxylation is 2. The van der Waals surface area contributed by atoms with Gasteiger partial charge in [-0.1, -0.05) is 47.2 Å². The Morgan fingerprint density at radius 2 is 1.91 bits per heavy atom. The molecule has 1 atom stereocenters. The van der Waals surface area contributed by atoms with Gasteiger partial charge in [0.2, 0.25) is 5.78 Å². The minimum atomic E-state index is -0.809. The predicted octanol–water partition coefficient (Wildman–Crippen LogP) is 6.41. The maximum atomic E-state index is 13.3. The normalized spacial score (nSPS) is 16.4. The van der Waals surface area contributed by atoms with E-state index in [4.69, 9.17) is 16.6 Å². The van der Waals surface area contributed by atoms with Gasteiger partial charge in [0.15, 0.2) is 10.9 Å². The number of aliphatic hydroxyl groups excluding tert-OH is 1. The van der Waals surface area contributed by atoms with Gasteiger partial charge >= 0.3 is 0 Å². The van der Waals surface area contributed by atoms with Gasteiger partial charge in [0.1, 0.15) is 0 Å². The summed E-state index contributed by atoms with van der Waals surface area (Å²) in [5, 5.41) is 13.6. The molecule has 1 N–H and O–H groups in total. The summed E-state index contributed by atoms with van der Waals surface area (Å²) in [7, 11) is 0. The third-order valence-electron chi connectivity index (χ3n) is 5.41. The van der Waals surface area contributed by atoms with Crippen molar-refractivity contribution in [2.45, 2.75) is 19.9 Å². The van der Waals surface area contributed by atoms with Crippen molar-refractivity contribution >= 4 is 61.3 Å². The predicted molar refractivity (Wildman–Crippen MR) is 129 cm³/mol. The number of aliphatic hydroxyl groups is 1. The smallest absolute Gasteiger partial charge is 0.296 e. The molecule has 2 aromatic carbocycles. The van der Waals surface area contributed by atoms with E-state index < -0.39 is 17.7 Å². The summed E-state index contributed by atoms with van der Waals surface area (Å²) < 4.78 is 0.942. The number of amides is 1. The fraction of sp³-hybridized carbons (Fsp3) is 0.125. The molecular weight excluding hydrogens is 464 g/mol. The maximum Gasteiger partial charge on any atom is 0.296 e. The van der Waals surface area contributed by atoms with Crippen LogP contribution in [0.2, 0.25) is 5.02 Å². The minimum Gasteiger partial charge on any atom is -0.503 e. The second-order valence-corrected chi connectivity index (χ2v) is 10.0. The van der Waals surface area contributed by atoms with Gasteiger partial charge < -0.3 is 5.11 Å². The molecule has 0 spiro atoms. The third kappa shape index (κ3) is 3.33. The Kier molecular flexibility index (Phi) is 5.12. The third-order valence-corrected chi connectivity index (χ3v) is 7.53. The molecule has 0 saturated heterocycles. The molecular formula is C24H17ClN2O3S2. The molecule has 0 unspecified atom stereocenters. The Balaban J connectivity index is 1.70.